The van der Waals surface area contributed by atoms with Gasteiger partial charge in [-0.25, -0.2) is 0 Å². The summed E-state index contributed by atoms with van der Waals surface area (Å²) in [5.41, 5.74) is 1.06. The van der Waals surface area contributed by atoms with Crippen molar-refractivity contribution in [1.29, 1.82) is 0 Å². The Labute approximate surface area is 130 Å². The van der Waals surface area contributed by atoms with Crippen molar-refractivity contribution in [3.63, 3.8) is 0 Å². The fraction of sp³-hybridized carbons (Fsp3) is 0.533. The van der Waals surface area contributed by atoms with Gasteiger partial charge in [0.2, 0.25) is 0 Å². The standard InChI is InChI=1S/C15H20ClN2OS.Fm/c1-15(2,3)20-13-6-4-5-12(14(13)16)18-9-7-17(11-19)8-10-18;/h4-6H,7-10H2,1-3H3;/q-1;. The molecular formula is C15H20ClFmN2OS-. The number of thioether (sulfide) groups is 1. The van der Waals surface area contributed by atoms with E-state index in [9.17, 15) is 4.79 Å². The SMILES string of the molecule is CC(C)(C)Sc1cccc(N2CCN([C-]=O)CC2)c1Cl.[Fm]. The van der Waals surface area contributed by atoms with Gasteiger partial charge < -0.3 is 14.6 Å². The predicted octanol–water partition coefficient (Wildman–Crippen LogP) is 3.42. The van der Waals surface area contributed by atoms with E-state index in [1.165, 1.54) is 0 Å². The van der Waals surface area contributed by atoms with Crippen LogP contribution in [-0.4, -0.2) is 42.2 Å². The zero-order valence-corrected chi connectivity index (χ0v) is 16.4. The van der Waals surface area contributed by atoms with Crippen molar-refractivity contribution in [2.24, 2.45) is 0 Å². The fourth-order valence-electron chi connectivity index (χ4n) is 2.19. The number of benzene rings is 1. The molecule has 122 valence electrons. The van der Waals surface area contributed by atoms with Crippen molar-refractivity contribution in [1.82, 2.24) is 4.90 Å². The first-order valence-electron chi connectivity index (χ1n) is 6.76. The first-order valence-corrected chi connectivity index (χ1v) is 7.95. The maximum absolute atomic E-state index is 10.6. The number of nitrogens with zero attached hydrogens (tertiary/aromatic N) is 2. The molecule has 0 spiro atoms. The van der Waals surface area contributed by atoms with Crippen LogP contribution in [0.2, 0.25) is 5.02 Å². The van der Waals surface area contributed by atoms with Crippen molar-refractivity contribution in [3.8, 4) is 0 Å². The third kappa shape index (κ3) is 4.30. The average molecular weight is 569 g/mol. The molecule has 1 aromatic carbocycles. The summed E-state index contributed by atoms with van der Waals surface area (Å²) in [5, 5.41) is 0.816. The normalized spacial score (nSPS) is 15.6. The summed E-state index contributed by atoms with van der Waals surface area (Å²) in [5.74, 6) is 0. The number of rotatable bonds is 3. The number of hydrogen-bond acceptors (Lipinski definition) is 3. The molecule has 0 unspecified atom stereocenters. The molecule has 0 atom stereocenters. The van der Waals surface area contributed by atoms with E-state index in [1.54, 1.807) is 16.7 Å². The van der Waals surface area contributed by atoms with Crippen LogP contribution >= 0.6 is 23.4 Å². The molecule has 0 aromatic heterocycles. The smallest absolute Gasteiger partial charge is 0.0775 e. The summed E-state index contributed by atoms with van der Waals surface area (Å²) in [6.45, 7) is 9.56. The van der Waals surface area contributed by atoms with Crippen LogP contribution in [0.25, 0.3) is 0 Å². The number of hydrogen-bond donors (Lipinski definition) is 0. The van der Waals surface area contributed by atoms with Gasteiger partial charge in [0.25, 0.3) is 0 Å². The van der Waals surface area contributed by atoms with Crippen molar-refractivity contribution in [2.75, 3.05) is 31.1 Å². The second-order valence-electron chi connectivity index (χ2n) is 5.87. The minimum atomic E-state index is 0. The fourth-order valence-corrected chi connectivity index (χ4v) is 3.55. The van der Waals surface area contributed by atoms with E-state index >= 15 is 0 Å². The Bertz CT molecular complexity index is 485. The van der Waals surface area contributed by atoms with E-state index in [-0.39, 0.29) is 4.75 Å². The molecule has 6 heteroatoms. The Morgan fingerprint density at radius 1 is 1.19 bits per heavy atom. The Hall–Kier alpha value is -1.87. The van der Waals surface area contributed by atoms with Gasteiger partial charge in [-0.1, -0.05) is 38.4 Å². The molecule has 0 aliphatic carbocycles. The quantitative estimate of drug-likeness (QED) is 0.413. The topological polar surface area (TPSA) is 23.6 Å². The molecular weight excluding hydrogens is 549 g/mol. The van der Waals surface area contributed by atoms with Crippen molar-refractivity contribution < 1.29 is 4.79 Å². The predicted molar refractivity (Wildman–Crippen MR) is 86.5 cm³/mol. The summed E-state index contributed by atoms with van der Waals surface area (Å²) in [4.78, 5) is 15.7. The Kier molecular flexibility index (Phi) is 5.50. The van der Waals surface area contributed by atoms with Gasteiger partial charge in [0.05, 0.1) is 10.7 Å². The summed E-state index contributed by atoms with van der Waals surface area (Å²) in [6, 6.07) is 6.17. The minimum absolute atomic E-state index is 0. The second-order valence-corrected chi connectivity index (χ2v) is 8.12. The third-order valence-electron chi connectivity index (χ3n) is 3.11. The van der Waals surface area contributed by atoms with Gasteiger partial charge in [-0.3, -0.25) is 0 Å². The Morgan fingerprint density at radius 2 is 1.81 bits per heavy atom. The number of piperazine rings is 1. The molecule has 3 nitrogen and oxygen atoms in total. The van der Waals surface area contributed by atoms with E-state index in [0.717, 1.165) is 28.7 Å². The van der Waals surface area contributed by atoms with Crippen LogP contribution in [0.4, 0.5) is 5.69 Å². The largest absolute Gasteiger partial charge is 0.520 e. The van der Waals surface area contributed by atoms with Crippen molar-refractivity contribution in [2.45, 2.75) is 30.4 Å². The van der Waals surface area contributed by atoms with E-state index in [2.05, 4.69) is 37.8 Å². The van der Waals surface area contributed by atoms with E-state index < -0.39 is 0 Å². The van der Waals surface area contributed by atoms with Gasteiger partial charge in [-0.15, -0.1) is 11.8 Å². The molecule has 0 saturated carbocycles. The summed E-state index contributed by atoms with van der Waals surface area (Å²) in [6.07, 6.45) is 1.95. The molecule has 21 heavy (non-hydrogen) atoms. The number of carbonyl (C=O) groups excluding carboxylic acids is 1. The maximum atomic E-state index is 10.6. The van der Waals surface area contributed by atoms with Crippen molar-refractivity contribution in [3.05, 3.63) is 23.2 Å². The molecule has 2 rings (SSSR count). The third-order valence-corrected chi connectivity index (χ3v) is 4.79. The molecule has 1 amide bonds. The van der Waals surface area contributed by atoms with Crippen LogP contribution in [0.3, 0.4) is 0 Å². The molecule has 1 fully saturated rings. The Balaban J connectivity index is 0.00000220. The first-order chi connectivity index (χ1) is 9.40. The first kappa shape index (κ1) is 17.2. The van der Waals surface area contributed by atoms with Crippen LogP contribution in [0.5, 0.6) is 0 Å². The summed E-state index contributed by atoms with van der Waals surface area (Å²) < 4.78 is 0.132. The van der Waals surface area contributed by atoms with Crippen LogP contribution in [-0.2, 0) is 4.79 Å². The summed E-state index contributed by atoms with van der Waals surface area (Å²) in [7, 11) is 0. The molecule has 1 saturated heterocycles. The van der Waals surface area contributed by atoms with Crippen LogP contribution in [0.15, 0.2) is 23.1 Å². The molecule has 1 aliphatic heterocycles. The number of halogens is 1. The summed E-state index contributed by atoms with van der Waals surface area (Å²) >= 11 is 8.34. The second kappa shape index (κ2) is 6.72. The number of anilines is 1. The van der Waals surface area contributed by atoms with Gasteiger partial charge >= 0.3 is 0 Å². The molecule has 1 aromatic rings. The molecule has 0 N–H and O–H groups in total. The monoisotopic (exact) mass is 568 g/mol. The molecule has 0 radical (unpaired) electrons. The van der Waals surface area contributed by atoms with Crippen molar-refractivity contribution >= 4 is 35.5 Å². The van der Waals surface area contributed by atoms with E-state index in [0.29, 0.717) is 13.1 Å². The van der Waals surface area contributed by atoms with E-state index in [4.69, 9.17) is 11.6 Å². The molecule has 1 aliphatic rings. The zero-order valence-electron chi connectivity index (χ0n) is 12.4. The van der Waals surface area contributed by atoms with Crippen LogP contribution in [0, 0.1) is 0 Å². The van der Waals surface area contributed by atoms with Crippen LogP contribution in [0.1, 0.15) is 20.8 Å². The Morgan fingerprint density at radius 3 is 2.33 bits per heavy atom. The van der Waals surface area contributed by atoms with Gasteiger partial charge in [-0.2, -0.15) is 6.41 Å². The van der Waals surface area contributed by atoms with E-state index in [1.807, 2.05) is 12.5 Å². The van der Waals surface area contributed by atoms with Gasteiger partial charge in [0.15, 0.2) is 0 Å². The maximum Gasteiger partial charge on any atom is 0.0775 e. The van der Waals surface area contributed by atoms with Gasteiger partial charge in [0, 0.05) is 35.8 Å². The van der Waals surface area contributed by atoms with Gasteiger partial charge in [-0.05, 0) is 12.1 Å². The molecule has 0 bridgehead atoms. The van der Waals surface area contributed by atoms with Crippen LogP contribution < -0.4 is 4.90 Å². The van der Waals surface area contributed by atoms with Gasteiger partial charge in [0.1, 0.15) is 0 Å². The zero-order chi connectivity index (χ0) is 14.8. The minimum Gasteiger partial charge on any atom is -0.520 e. The number of amides is 1. The molecule has 1 heterocycles. The average Bonchev–Trinajstić information content (AvgIpc) is 2.40.